The Morgan fingerprint density at radius 2 is 2.11 bits per heavy atom. The van der Waals surface area contributed by atoms with Crippen LogP contribution in [0.3, 0.4) is 0 Å². The van der Waals surface area contributed by atoms with Gasteiger partial charge in [-0.15, -0.1) is 11.3 Å². The quantitative estimate of drug-likeness (QED) is 0.406. The largest absolute Gasteiger partial charge is 0.495 e. The van der Waals surface area contributed by atoms with E-state index in [0.717, 1.165) is 30.6 Å². The number of aryl methyl sites for hydroxylation is 1. The van der Waals surface area contributed by atoms with Crippen LogP contribution in [0.2, 0.25) is 0 Å². The van der Waals surface area contributed by atoms with Gasteiger partial charge in [0.2, 0.25) is 5.91 Å². The third kappa shape index (κ3) is 4.74. The fraction of sp³-hybridized carbons (Fsp3) is 0.391. The highest BCUT2D eigenvalue weighted by molar-refractivity contribution is 7.20. The van der Waals surface area contributed by atoms with Crippen molar-refractivity contribution in [3.8, 4) is 5.75 Å². The van der Waals surface area contributed by atoms with Crippen molar-refractivity contribution in [1.29, 1.82) is 0 Å². The number of thiophene rings is 1. The Bertz CT molecular complexity index is 1380. The smallest absolute Gasteiger partial charge is 0.271 e. The van der Waals surface area contributed by atoms with E-state index in [1.807, 2.05) is 6.92 Å². The number of carbonyl (C=O) groups is 2. The van der Waals surface area contributed by atoms with Gasteiger partial charge in [-0.3, -0.25) is 29.1 Å². The number of non-ortho nitro benzene ring substituents is 1. The molecule has 1 fully saturated rings. The lowest BCUT2D eigenvalue weighted by molar-refractivity contribution is -0.384. The second-order valence-corrected chi connectivity index (χ2v) is 9.44. The van der Waals surface area contributed by atoms with E-state index in [0.29, 0.717) is 16.9 Å². The number of nitro benzene ring substituents is 1. The van der Waals surface area contributed by atoms with Gasteiger partial charge in [-0.1, -0.05) is 0 Å². The number of ether oxygens (including phenoxy) is 1. The van der Waals surface area contributed by atoms with Crippen molar-refractivity contribution in [2.75, 3.05) is 19.0 Å². The first-order valence-electron chi connectivity index (χ1n) is 11.1. The molecule has 0 bridgehead atoms. The van der Waals surface area contributed by atoms with Gasteiger partial charge in [0, 0.05) is 24.7 Å². The number of aromatic nitrogens is 2. The van der Waals surface area contributed by atoms with Crippen molar-refractivity contribution in [2.45, 2.75) is 45.7 Å². The molecule has 184 valence electrons. The number of hydrogen-bond donors (Lipinski definition) is 1. The number of piperidine rings is 1. The van der Waals surface area contributed by atoms with Gasteiger partial charge < -0.3 is 15.0 Å². The molecule has 3 heterocycles. The molecule has 12 heteroatoms. The minimum Gasteiger partial charge on any atom is -0.495 e. The summed E-state index contributed by atoms with van der Waals surface area (Å²) in [7, 11) is 1.39. The molecule has 11 nitrogen and oxygen atoms in total. The first-order chi connectivity index (χ1) is 16.7. The minimum absolute atomic E-state index is 0.117. The molecule has 1 unspecified atom stereocenters. The number of nitrogens with one attached hydrogen (secondary N) is 1. The summed E-state index contributed by atoms with van der Waals surface area (Å²) in [4.78, 5) is 56.4. The number of benzene rings is 1. The van der Waals surface area contributed by atoms with Gasteiger partial charge in [-0.25, -0.2) is 4.98 Å². The zero-order valence-corrected chi connectivity index (χ0v) is 20.4. The predicted molar refractivity (Wildman–Crippen MR) is 131 cm³/mol. The van der Waals surface area contributed by atoms with Gasteiger partial charge in [0.25, 0.3) is 17.2 Å². The molecule has 0 aliphatic carbocycles. The van der Waals surface area contributed by atoms with E-state index in [4.69, 9.17) is 4.74 Å². The summed E-state index contributed by atoms with van der Waals surface area (Å²) in [6, 6.07) is 4.01. The van der Waals surface area contributed by atoms with Crippen LogP contribution in [0.1, 0.15) is 41.4 Å². The molecule has 2 aromatic heterocycles. The Morgan fingerprint density at radius 3 is 2.80 bits per heavy atom. The highest BCUT2D eigenvalue weighted by Crippen LogP contribution is 2.32. The van der Waals surface area contributed by atoms with Crippen molar-refractivity contribution in [1.82, 2.24) is 14.5 Å². The first-order valence-corrected chi connectivity index (χ1v) is 11.9. The number of nitro groups is 1. The number of likely N-dealkylation sites (tertiary alicyclic amines) is 1. The van der Waals surface area contributed by atoms with Crippen LogP contribution in [0.25, 0.3) is 10.2 Å². The molecule has 35 heavy (non-hydrogen) atoms. The van der Waals surface area contributed by atoms with Gasteiger partial charge in [-0.2, -0.15) is 0 Å². The van der Waals surface area contributed by atoms with Crippen molar-refractivity contribution < 1.29 is 19.2 Å². The normalized spacial score (nSPS) is 15.7. The lowest BCUT2D eigenvalue weighted by atomic mass is 10.0. The molecule has 1 aliphatic rings. The molecule has 4 rings (SSSR count). The molecule has 0 spiro atoms. The lowest BCUT2D eigenvalue weighted by Gasteiger charge is -2.33. The summed E-state index contributed by atoms with van der Waals surface area (Å²) in [5, 5.41) is 14.0. The van der Waals surface area contributed by atoms with Crippen LogP contribution in [0.5, 0.6) is 5.75 Å². The SMILES string of the molecule is COc1ccc([N+](=O)[O-])cc1NC(=O)c1sc2ncn(CC(=O)N3CCCCC3C)c(=O)c2c1C. The van der Waals surface area contributed by atoms with E-state index in [1.54, 1.807) is 11.8 Å². The van der Waals surface area contributed by atoms with E-state index in [1.165, 1.54) is 36.2 Å². The van der Waals surface area contributed by atoms with E-state index >= 15 is 0 Å². The van der Waals surface area contributed by atoms with Crippen LogP contribution >= 0.6 is 11.3 Å². The molecule has 0 radical (unpaired) electrons. The summed E-state index contributed by atoms with van der Waals surface area (Å²) < 4.78 is 6.47. The molecule has 0 saturated carbocycles. The molecule has 1 N–H and O–H groups in total. The summed E-state index contributed by atoms with van der Waals surface area (Å²) in [6.07, 6.45) is 4.30. The maximum atomic E-state index is 13.2. The highest BCUT2D eigenvalue weighted by Gasteiger charge is 2.25. The van der Waals surface area contributed by atoms with Crippen molar-refractivity contribution in [2.24, 2.45) is 0 Å². The number of amides is 2. The molecule has 1 atom stereocenters. The maximum absolute atomic E-state index is 13.2. The number of rotatable bonds is 6. The van der Waals surface area contributed by atoms with Crippen LogP contribution in [-0.2, 0) is 11.3 Å². The standard InChI is InChI=1S/C23H25N5O6S/c1-13-6-4-5-9-27(13)18(29)11-26-12-24-22-19(23(26)31)14(2)20(35-22)21(30)25-16-10-15(28(32)33)7-8-17(16)34-3/h7-8,10,12-13H,4-6,9,11H2,1-3H3,(H,25,30). The minimum atomic E-state index is -0.571. The molecule has 1 saturated heterocycles. The Kier molecular flexibility index (Phi) is 6.83. The average molecular weight is 500 g/mol. The second kappa shape index (κ2) is 9.82. The molecular weight excluding hydrogens is 474 g/mol. The van der Waals surface area contributed by atoms with Crippen LogP contribution in [0.15, 0.2) is 29.3 Å². The number of fused-ring (bicyclic) bond motifs is 1. The molecule has 1 aliphatic heterocycles. The monoisotopic (exact) mass is 499 g/mol. The van der Waals surface area contributed by atoms with E-state index < -0.39 is 16.4 Å². The first kappa shape index (κ1) is 24.3. The summed E-state index contributed by atoms with van der Waals surface area (Å²) in [5.41, 5.74) is -0.0344. The van der Waals surface area contributed by atoms with Crippen LogP contribution < -0.4 is 15.6 Å². The van der Waals surface area contributed by atoms with Gasteiger partial charge in [0.1, 0.15) is 17.1 Å². The molecule has 1 aromatic carbocycles. The van der Waals surface area contributed by atoms with E-state index in [-0.39, 0.29) is 45.9 Å². The van der Waals surface area contributed by atoms with Crippen molar-refractivity contribution in [3.05, 3.63) is 55.4 Å². The molecule has 2 amide bonds. The Balaban J connectivity index is 1.63. The number of methoxy groups -OCH3 is 1. The van der Waals surface area contributed by atoms with Gasteiger partial charge >= 0.3 is 0 Å². The maximum Gasteiger partial charge on any atom is 0.271 e. The second-order valence-electron chi connectivity index (χ2n) is 8.44. The summed E-state index contributed by atoms with van der Waals surface area (Å²) in [6.45, 7) is 4.20. The average Bonchev–Trinajstić information content (AvgIpc) is 3.18. The Labute approximate surface area is 204 Å². The summed E-state index contributed by atoms with van der Waals surface area (Å²) >= 11 is 1.04. The highest BCUT2D eigenvalue weighted by atomic mass is 32.1. The van der Waals surface area contributed by atoms with Crippen LogP contribution in [0.4, 0.5) is 11.4 Å². The fourth-order valence-electron chi connectivity index (χ4n) is 4.28. The third-order valence-corrected chi connectivity index (χ3v) is 7.39. The Morgan fingerprint density at radius 1 is 1.34 bits per heavy atom. The van der Waals surface area contributed by atoms with Crippen LogP contribution in [0, 0.1) is 17.0 Å². The fourth-order valence-corrected chi connectivity index (χ4v) is 5.31. The molecular formula is C23H25N5O6S. The zero-order valence-electron chi connectivity index (χ0n) is 19.6. The third-order valence-electron chi connectivity index (χ3n) is 6.19. The topological polar surface area (TPSA) is 137 Å². The Hall–Kier alpha value is -3.80. The predicted octanol–water partition coefficient (Wildman–Crippen LogP) is 3.34. The van der Waals surface area contributed by atoms with Gasteiger partial charge in [0.05, 0.1) is 34.3 Å². The van der Waals surface area contributed by atoms with Gasteiger partial charge in [0.15, 0.2) is 0 Å². The van der Waals surface area contributed by atoms with Crippen LogP contribution in [-0.4, -0.2) is 50.9 Å². The summed E-state index contributed by atoms with van der Waals surface area (Å²) in [5.74, 6) is -0.425. The zero-order chi connectivity index (χ0) is 25.3. The lowest BCUT2D eigenvalue weighted by Crippen LogP contribution is -2.44. The van der Waals surface area contributed by atoms with E-state index in [2.05, 4.69) is 10.3 Å². The van der Waals surface area contributed by atoms with Gasteiger partial charge in [-0.05, 0) is 44.7 Å². The van der Waals surface area contributed by atoms with E-state index in [9.17, 15) is 24.5 Å². The number of hydrogen-bond acceptors (Lipinski definition) is 8. The number of anilines is 1. The van der Waals surface area contributed by atoms with Crippen molar-refractivity contribution in [3.63, 3.8) is 0 Å². The van der Waals surface area contributed by atoms with Crippen molar-refractivity contribution >= 4 is 44.7 Å². The number of carbonyl (C=O) groups excluding carboxylic acids is 2. The number of nitrogens with zero attached hydrogens (tertiary/aromatic N) is 4. The molecule has 3 aromatic rings.